The number of nitrogens with one attached hydrogen (secondary N) is 2. The van der Waals surface area contributed by atoms with Gasteiger partial charge < -0.3 is 9.88 Å². The van der Waals surface area contributed by atoms with Gasteiger partial charge in [0.05, 0.1) is 10.9 Å². The fourth-order valence-electron chi connectivity index (χ4n) is 3.65. The summed E-state index contributed by atoms with van der Waals surface area (Å²) in [5, 5.41) is 8.80. The van der Waals surface area contributed by atoms with E-state index in [2.05, 4.69) is 15.0 Å². The summed E-state index contributed by atoms with van der Waals surface area (Å²) in [5.74, 6) is -1.14. The number of carbonyl (C=O) groups is 1. The van der Waals surface area contributed by atoms with Gasteiger partial charge in [0.25, 0.3) is 0 Å². The van der Waals surface area contributed by atoms with E-state index in [1.807, 2.05) is 4.90 Å². The fourth-order valence-corrected chi connectivity index (χ4v) is 3.82. The number of nitrogens with zero attached hydrogens (tertiary/aromatic N) is 3. The number of H-pyrrole nitrogens is 1. The van der Waals surface area contributed by atoms with E-state index in [4.69, 9.17) is 16.8 Å². The average molecular weight is 396 g/mol. The van der Waals surface area contributed by atoms with Crippen LogP contribution in [-0.4, -0.2) is 39.2 Å². The summed E-state index contributed by atoms with van der Waals surface area (Å²) in [6.45, 7) is 1.22. The third-order valence-electron chi connectivity index (χ3n) is 4.93. The van der Waals surface area contributed by atoms with Crippen LogP contribution >= 0.6 is 11.6 Å². The topological polar surface area (TPSA) is 94.1 Å². The van der Waals surface area contributed by atoms with Gasteiger partial charge >= 0.3 is 0 Å². The quantitative estimate of drug-likeness (QED) is 0.360. The predicted octanol–water partition coefficient (Wildman–Crippen LogP) is 3.15. The van der Waals surface area contributed by atoms with E-state index in [9.17, 15) is 13.6 Å². The number of fused-ring (bicyclic) bond motifs is 3. The lowest BCUT2D eigenvalue weighted by molar-refractivity contribution is -0.130. The van der Waals surface area contributed by atoms with Crippen LogP contribution in [0, 0.1) is 17.6 Å². The van der Waals surface area contributed by atoms with Crippen LogP contribution in [0.3, 0.4) is 0 Å². The lowest BCUT2D eigenvalue weighted by Gasteiger charge is -2.32. The molecule has 1 amide bonds. The number of aromatic amines is 1. The number of hydrogen-bond acceptors (Lipinski definition) is 5. The largest absolute Gasteiger partial charge is 0.355 e. The van der Waals surface area contributed by atoms with Crippen molar-refractivity contribution in [1.82, 2.24) is 20.4 Å². The van der Waals surface area contributed by atoms with Gasteiger partial charge in [-0.1, -0.05) is 0 Å². The molecule has 27 heavy (non-hydrogen) atoms. The molecule has 3 heterocycles. The molecule has 0 bridgehead atoms. The first-order chi connectivity index (χ1) is 13.0. The monoisotopic (exact) mass is 395 g/mol. The van der Waals surface area contributed by atoms with Crippen LogP contribution in [0.2, 0.25) is 5.28 Å². The van der Waals surface area contributed by atoms with Crippen LogP contribution in [0.25, 0.3) is 21.9 Å². The van der Waals surface area contributed by atoms with Crippen molar-refractivity contribution in [3.63, 3.8) is 0 Å². The minimum Gasteiger partial charge on any atom is -0.355 e. The van der Waals surface area contributed by atoms with Crippen LogP contribution in [0.4, 0.5) is 14.6 Å². The van der Waals surface area contributed by atoms with Crippen molar-refractivity contribution in [1.29, 1.82) is 0 Å². The minimum absolute atomic E-state index is 0.0242. The summed E-state index contributed by atoms with van der Waals surface area (Å²) in [6.07, 6.45) is 1.70. The molecular formula is C17H16ClF2N5O2. The van der Waals surface area contributed by atoms with Gasteiger partial charge in [0.1, 0.15) is 22.7 Å². The number of benzene rings is 1. The molecule has 1 aliphatic rings. The highest BCUT2D eigenvalue weighted by Gasteiger charge is 2.25. The third kappa shape index (κ3) is 3.28. The van der Waals surface area contributed by atoms with Crippen molar-refractivity contribution in [3.05, 3.63) is 29.1 Å². The zero-order valence-electron chi connectivity index (χ0n) is 14.1. The molecule has 3 aromatic rings. The zero-order chi connectivity index (χ0) is 19.1. The molecule has 1 saturated heterocycles. The summed E-state index contributed by atoms with van der Waals surface area (Å²) < 4.78 is 27.8. The molecule has 10 heteroatoms. The fraction of sp³-hybridized carbons (Fsp3) is 0.353. The molecule has 0 unspecified atom stereocenters. The summed E-state index contributed by atoms with van der Waals surface area (Å²) in [4.78, 5) is 24.7. The Morgan fingerprint density at radius 3 is 2.78 bits per heavy atom. The van der Waals surface area contributed by atoms with Gasteiger partial charge in [-0.3, -0.25) is 10.0 Å². The second kappa shape index (κ2) is 6.90. The maximum atomic E-state index is 14.3. The first-order valence-corrected chi connectivity index (χ1v) is 8.86. The molecule has 1 aromatic carbocycles. The van der Waals surface area contributed by atoms with Gasteiger partial charge in [0.15, 0.2) is 5.82 Å². The molecule has 7 nitrogen and oxygen atoms in total. The first-order valence-electron chi connectivity index (χ1n) is 8.48. The Morgan fingerprint density at radius 2 is 2.07 bits per heavy atom. The Balaban J connectivity index is 1.70. The lowest BCUT2D eigenvalue weighted by Crippen LogP contribution is -2.36. The van der Waals surface area contributed by atoms with Gasteiger partial charge in [-0.05, 0) is 36.4 Å². The van der Waals surface area contributed by atoms with Crippen molar-refractivity contribution < 1.29 is 18.8 Å². The van der Waals surface area contributed by atoms with Gasteiger partial charge in [-0.15, -0.1) is 0 Å². The van der Waals surface area contributed by atoms with Gasteiger partial charge in [0, 0.05) is 25.6 Å². The zero-order valence-corrected chi connectivity index (χ0v) is 14.9. The Bertz CT molecular complexity index is 1030. The van der Waals surface area contributed by atoms with Crippen molar-refractivity contribution in [2.24, 2.45) is 5.92 Å². The van der Waals surface area contributed by atoms with E-state index in [1.165, 1.54) is 6.07 Å². The highest BCUT2D eigenvalue weighted by atomic mass is 35.5. The molecule has 0 radical (unpaired) electrons. The molecule has 0 aliphatic carbocycles. The van der Waals surface area contributed by atoms with Crippen LogP contribution in [-0.2, 0) is 4.79 Å². The molecule has 0 saturated carbocycles. The molecule has 2 aromatic heterocycles. The van der Waals surface area contributed by atoms with Crippen LogP contribution in [0.5, 0.6) is 0 Å². The number of halogens is 3. The lowest BCUT2D eigenvalue weighted by atomic mass is 9.93. The molecule has 1 fully saturated rings. The number of rotatable bonds is 3. The van der Waals surface area contributed by atoms with E-state index >= 15 is 0 Å². The molecule has 3 N–H and O–H groups in total. The van der Waals surface area contributed by atoms with Crippen molar-refractivity contribution in [2.45, 2.75) is 19.3 Å². The normalized spacial score (nSPS) is 15.6. The highest BCUT2D eigenvalue weighted by molar-refractivity contribution is 6.29. The second-order valence-corrected chi connectivity index (χ2v) is 6.98. The summed E-state index contributed by atoms with van der Waals surface area (Å²) in [5.41, 5.74) is 2.73. The van der Waals surface area contributed by atoms with Gasteiger partial charge in [0.2, 0.25) is 11.2 Å². The molecule has 0 spiro atoms. The van der Waals surface area contributed by atoms with Crippen molar-refractivity contribution in [2.75, 3.05) is 18.0 Å². The second-order valence-electron chi connectivity index (χ2n) is 6.64. The Labute approximate surface area is 157 Å². The SMILES string of the molecule is O=C(CC1CCN(c2nc(Cl)nc3c2[nH]c2cc(F)cc(F)c23)CC1)NO. The number of piperidine rings is 1. The highest BCUT2D eigenvalue weighted by Crippen LogP contribution is 2.34. The number of aromatic nitrogens is 3. The van der Waals surface area contributed by atoms with Crippen LogP contribution in [0.15, 0.2) is 12.1 Å². The number of carbonyl (C=O) groups excluding carboxylic acids is 1. The van der Waals surface area contributed by atoms with Crippen LogP contribution < -0.4 is 10.4 Å². The average Bonchev–Trinajstić information content (AvgIpc) is 2.99. The van der Waals surface area contributed by atoms with Crippen molar-refractivity contribution in [3.8, 4) is 0 Å². The maximum Gasteiger partial charge on any atom is 0.243 e. The molecule has 0 atom stereocenters. The summed E-state index contributed by atoms with van der Waals surface area (Å²) in [7, 11) is 0. The van der Waals surface area contributed by atoms with E-state index in [-0.39, 0.29) is 28.5 Å². The van der Waals surface area contributed by atoms with Crippen LogP contribution in [0.1, 0.15) is 19.3 Å². The summed E-state index contributed by atoms with van der Waals surface area (Å²) in [6, 6.07) is 2.01. The third-order valence-corrected chi connectivity index (χ3v) is 5.10. The van der Waals surface area contributed by atoms with Crippen molar-refractivity contribution >= 4 is 45.3 Å². The number of anilines is 1. The number of hydrogen-bond donors (Lipinski definition) is 3. The Hall–Kier alpha value is -2.52. The molecular weight excluding hydrogens is 380 g/mol. The minimum atomic E-state index is -0.717. The Kier molecular flexibility index (Phi) is 4.56. The standard InChI is InChI=1S/C17H16ClF2N5O2/c18-17-22-14-13-10(20)6-9(19)7-11(13)21-15(14)16(23-17)25-3-1-8(2-4-25)5-12(26)24-27/h6-8,21,27H,1-5H2,(H,24,26). The van der Waals surface area contributed by atoms with Gasteiger partial charge in [-0.25, -0.2) is 19.2 Å². The van der Waals surface area contributed by atoms with E-state index in [0.717, 1.165) is 18.9 Å². The van der Waals surface area contributed by atoms with E-state index < -0.39 is 17.5 Å². The number of hydroxylamine groups is 1. The predicted molar refractivity (Wildman–Crippen MR) is 95.8 cm³/mol. The first kappa shape index (κ1) is 17.9. The number of amides is 1. The van der Waals surface area contributed by atoms with Gasteiger partial charge in [-0.2, -0.15) is 4.98 Å². The van der Waals surface area contributed by atoms with E-state index in [1.54, 1.807) is 5.48 Å². The molecule has 4 rings (SSSR count). The van der Waals surface area contributed by atoms with E-state index in [0.29, 0.717) is 29.9 Å². The Morgan fingerprint density at radius 1 is 1.33 bits per heavy atom. The smallest absolute Gasteiger partial charge is 0.243 e. The molecule has 142 valence electrons. The maximum absolute atomic E-state index is 14.3. The summed E-state index contributed by atoms with van der Waals surface area (Å²) >= 11 is 6.06. The molecule has 1 aliphatic heterocycles.